The van der Waals surface area contributed by atoms with Crippen molar-refractivity contribution in [1.82, 2.24) is 10.6 Å². The highest BCUT2D eigenvalue weighted by Gasteiger charge is 2.04. The second-order valence-corrected chi connectivity index (χ2v) is 4.93. The summed E-state index contributed by atoms with van der Waals surface area (Å²) in [5.41, 5.74) is 0. The summed E-state index contributed by atoms with van der Waals surface area (Å²) in [6, 6.07) is 1.99. The van der Waals surface area contributed by atoms with Crippen molar-refractivity contribution in [3.8, 4) is 0 Å². The highest BCUT2D eigenvalue weighted by atomic mass is 79.9. The van der Waals surface area contributed by atoms with Crippen LogP contribution in [0.3, 0.4) is 0 Å². The first-order chi connectivity index (χ1) is 7.24. The topological polar surface area (TPSA) is 41.1 Å². The zero-order chi connectivity index (χ0) is 11.1. The van der Waals surface area contributed by atoms with E-state index in [1.807, 2.05) is 18.4 Å². The SMILES string of the molecule is CCNCCC(=O)NCc1sccc1Br. The summed E-state index contributed by atoms with van der Waals surface area (Å²) in [5.74, 6) is 0.0938. The quantitative estimate of drug-likeness (QED) is 0.788. The molecule has 0 aliphatic rings. The first-order valence-corrected chi connectivity index (χ1v) is 6.60. The van der Waals surface area contributed by atoms with Gasteiger partial charge in [-0.1, -0.05) is 6.92 Å². The lowest BCUT2D eigenvalue weighted by Gasteiger charge is -2.04. The third-order valence-electron chi connectivity index (χ3n) is 1.92. The van der Waals surface area contributed by atoms with Crippen LogP contribution in [0.15, 0.2) is 15.9 Å². The van der Waals surface area contributed by atoms with E-state index in [0.717, 1.165) is 22.4 Å². The molecule has 0 aliphatic heterocycles. The Morgan fingerprint density at radius 1 is 1.60 bits per heavy atom. The number of hydrogen-bond acceptors (Lipinski definition) is 3. The Hall–Kier alpha value is -0.390. The lowest BCUT2D eigenvalue weighted by atomic mass is 10.4. The maximum absolute atomic E-state index is 11.4. The molecule has 0 fully saturated rings. The molecule has 1 aromatic rings. The van der Waals surface area contributed by atoms with Gasteiger partial charge in [-0.15, -0.1) is 11.3 Å². The van der Waals surface area contributed by atoms with Crippen LogP contribution in [-0.2, 0) is 11.3 Å². The van der Waals surface area contributed by atoms with Crippen molar-refractivity contribution in [3.05, 3.63) is 20.8 Å². The second kappa shape index (κ2) is 6.98. The molecule has 3 nitrogen and oxygen atoms in total. The lowest BCUT2D eigenvalue weighted by Crippen LogP contribution is -2.27. The summed E-state index contributed by atoms with van der Waals surface area (Å²) in [6.45, 7) is 4.29. The Morgan fingerprint density at radius 3 is 3.00 bits per heavy atom. The van der Waals surface area contributed by atoms with Crippen molar-refractivity contribution >= 4 is 33.2 Å². The minimum atomic E-state index is 0.0938. The van der Waals surface area contributed by atoms with Gasteiger partial charge < -0.3 is 10.6 Å². The predicted molar refractivity (Wildman–Crippen MR) is 67.0 cm³/mol. The van der Waals surface area contributed by atoms with Gasteiger partial charge in [-0.05, 0) is 33.9 Å². The molecule has 0 unspecified atom stereocenters. The zero-order valence-electron chi connectivity index (χ0n) is 8.68. The Bertz CT molecular complexity index is 314. The fraction of sp³-hybridized carbons (Fsp3) is 0.500. The molecular weight excluding hydrogens is 276 g/mol. The molecular formula is C10H15BrN2OS. The van der Waals surface area contributed by atoms with E-state index in [4.69, 9.17) is 0 Å². The minimum absolute atomic E-state index is 0.0938. The van der Waals surface area contributed by atoms with E-state index in [1.165, 1.54) is 0 Å². The van der Waals surface area contributed by atoms with Crippen molar-refractivity contribution in [2.24, 2.45) is 0 Å². The molecule has 0 atom stereocenters. The van der Waals surface area contributed by atoms with Crippen LogP contribution in [0.5, 0.6) is 0 Å². The molecule has 0 saturated carbocycles. The smallest absolute Gasteiger partial charge is 0.221 e. The van der Waals surface area contributed by atoms with Gasteiger partial charge in [-0.25, -0.2) is 0 Å². The van der Waals surface area contributed by atoms with Crippen LogP contribution in [0.1, 0.15) is 18.2 Å². The highest BCUT2D eigenvalue weighted by molar-refractivity contribution is 9.10. The normalized spacial score (nSPS) is 10.3. The minimum Gasteiger partial charge on any atom is -0.351 e. The molecule has 1 aromatic heterocycles. The molecule has 1 heterocycles. The van der Waals surface area contributed by atoms with Gasteiger partial charge in [0.15, 0.2) is 0 Å². The van der Waals surface area contributed by atoms with Crippen LogP contribution in [0.2, 0.25) is 0 Å². The molecule has 0 aromatic carbocycles. The van der Waals surface area contributed by atoms with Crippen LogP contribution < -0.4 is 10.6 Å². The van der Waals surface area contributed by atoms with E-state index >= 15 is 0 Å². The third-order valence-corrected chi connectivity index (χ3v) is 3.84. The summed E-state index contributed by atoms with van der Waals surface area (Å²) >= 11 is 5.07. The first-order valence-electron chi connectivity index (χ1n) is 4.93. The Morgan fingerprint density at radius 2 is 2.40 bits per heavy atom. The van der Waals surface area contributed by atoms with Gasteiger partial charge in [0.1, 0.15) is 0 Å². The van der Waals surface area contributed by atoms with E-state index in [0.29, 0.717) is 13.0 Å². The maximum atomic E-state index is 11.4. The molecule has 0 bridgehead atoms. The van der Waals surface area contributed by atoms with E-state index in [2.05, 4.69) is 26.6 Å². The van der Waals surface area contributed by atoms with Gasteiger partial charge >= 0.3 is 0 Å². The lowest BCUT2D eigenvalue weighted by molar-refractivity contribution is -0.121. The molecule has 0 spiro atoms. The average Bonchev–Trinajstić information content (AvgIpc) is 2.61. The predicted octanol–water partition coefficient (Wildman–Crippen LogP) is 2.13. The molecule has 0 radical (unpaired) electrons. The summed E-state index contributed by atoms with van der Waals surface area (Å²) in [7, 11) is 0. The molecule has 0 saturated heterocycles. The van der Waals surface area contributed by atoms with Crippen molar-refractivity contribution in [1.29, 1.82) is 0 Å². The molecule has 0 aliphatic carbocycles. The van der Waals surface area contributed by atoms with Crippen LogP contribution in [0, 0.1) is 0 Å². The number of rotatable bonds is 6. The van der Waals surface area contributed by atoms with Crippen LogP contribution >= 0.6 is 27.3 Å². The van der Waals surface area contributed by atoms with Crippen molar-refractivity contribution in [2.45, 2.75) is 19.9 Å². The Labute approximate surface area is 102 Å². The summed E-state index contributed by atoms with van der Waals surface area (Å²) in [5, 5.41) is 8.01. The summed E-state index contributed by atoms with van der Waals surface area (Å²) < 4.78 is 1.07. The molecule has 2 N–H and O–H groups in total. The largest absolute Gasteiger partial charge is 0.351 e. The molecule has 15 heavy (non-hydrogen) atoms. The average molecular weight is 291 g/mol. The van der Waals surface area contributed by atoms with Crippen molar-refractivity contribution in [2.75, 3.05) is 13.1 Å². The van der Waals surface area contributed by atoms with E-state index in [-0.39, 0.29) is 5.91 Å². The Kier molecular flexibility index (Phi) is 5.90. The van der Waals surface area contributed by atoms with Crippen LogP contribution in [0.4, 0.5) is 0 Å². The fourth-order valence-electron chi connectivity index (χ4n) is 1.10. The third kappa shape index (κ3) is 4.77. The van der Waals surface area contributed by atoms with E-state index < -0.39 is 0 Å². The van der Waals surface area contributed by atoms with Crippen molar-refractivity contribution in [3.63, 3.8) is 0 Å². The number of carbonyl (C=O) groups excluding carboxylic acids is 1. The van der Waals surface area contributed by atoms with Gasteiger partial charge in [-0.3, -0.25) is 4.79 Å². The fourth-order valence-corrected chi connectivity index (χ4v) is 2.53. The maximum Gasteiger partial charge on any atom is 0.221 e. The van der Waals surface area contributed by atoms with Gasteiger partial charge in [0.05, 0.1) is 6.54 Å². The number of carbonyl (C=O) groups is 1. The van der Waals surface area contributed by atoms with Crippen molar-refractivity contribution < 1.29 is 4.79 Å². The zero-order valence-corrected chi connectivity index (χ0v) is 11.1. The first kappa shape index (κ1) is 12.7. The van der Waals surface area contributed by atoms with Gasteiger partial charge in [-0.2, -0.15) is 0 Å². The Balaban J connectivity index is 2.20. The number of thiophene rings is 1. The van der Waals surface area contributed by atoms with E-state index in [9.17, 15) is 4.79 Å². The number of hydrogen-bond donors (Lipinski definition) is 2. The second-order valence-electron chi connectivity index (χ2n) is 3.07. The number of halogens is 1. The van der Waals surface area contributed by atoms with Gasteiger partial charge in [0.2, 0.25) is 5.91 Å². The van der Waals surface area contributed by atoms with Gasteiger partial charge in [0.25, 0.3) is 0 Å². The molecule has 1 rings (SSSR count). The number of amides is 1. The monoisotopic (exact) mass is 290 g/mol. The summed E-state index contributed by atoms with van der Waals surface area (Å²) in [4.78, 5) is 12.5. The summed E-state index contributed by atoms with van der Waals surface area (Å²) in [6.07, 6.45) is 0.539. The number of nitrogens with one attached hydrogen (secondary N) is 2. The highest BCUT2D eigenvalue weighted by Crippen LogP contribution is 2.21. The van der Waals surface area contributed by atoms with E-state index in [1.54, 1.807) is 11.3 Å². The molecule has 84 valence electrons. The molecule has 1 amide bonds. The van der Waals surface area contributed by atoms with Crippen LogP contribution in [-0.4, -0.2) is 19.0 Å². The standard InChI is InChI=1S/C10H15BrN2OS/c1-2-12-5-3-10(14)13-7-9-8(11)4-6-15-9/h4,6,12H,2-3,5,7H2,1H3,(H,13,14). The molecule has 5 heteroatoms. The van der Waals surface area contributed by atoms with Crippen LogP contribution in [0.25, 0.3) is 0 Å². The van der Waals surface area contributed by atoms with Gasteiger partial charge in [0, 0.05) is 22.3 Å².